The first kappa shape index (κ1) is 19.2. The van der Waals surface area contributed by atoms with Crippen LogP contribution in [0, 0.1) is 19.3 Å². The largest absolute Gasteiger partial charge is 0.461 e. The summed E-state index contributed by atoms with van der Waals surface area (Å²) in [6.45, 7) is 3.75. The van der Waals surface area contributed by atoms with Gasteiger partial charge in [0.15, 0.2) is 0 Å². The molecule has 0 saturated carbocycles. The van der Waals surface area contributed by atoms with Crippen molar-refractivity contribution in [1.29, 1.82) is 0 Å². The number of fused-ring (bicyclic) bond motifs is 1. The Bertz CT molecular complexity index is 1110. The fourth-order valence-electron chi connectivity index (χ4n) is 3.25. The number of ether oxygens (including phenoxy) is 2. The first-order valence-corrected chi connectivity index (χ1v) is 8.74. The van der Waals surface area contributed by atoms with Crippen LogP contribution < -0.4 is 0 Å². The normalized spacial score (nSPS) is 14.1. The third-order valence-corrected chi connectivity index (χ3v) is 4.67. The molecule has 142 valence electrons. The molecule has 0 spiro atoms. The smallest absolute Gasteiger partial charge is 0.347 e. The highest BCUT2D eigenvalue weighted by Gasteiger charge is 2.35. The van der Waals surface area contributed by atoms with Crippen LogP contribution in [-0.4, -0.2) is 29.1 Å². The molecule has 0 atom stereocenters. The lowest BCUT2D eigenvalue weighted by Gasteiger charge is -2.04. The van der Waals surface area contributed by atoms with Crippen molar-refractivity contribution in [3.8, 4) is 12.3 Å². The van der Waals surface area contributed by atoms with Crippen molar-refractivity contribution in [3.05, 3.63) is 52.7 Å². The molecular weight excluding hydrogens is 358 g/mol. The zero-order chi connectivity index (χ0) is 20.4. The van der Waals surface area contributed by atoms with Gasteiger partial charge in [-0.1, -0.05) is 18.2 Å². The number of nitrogens with zero attached hydrogens (tertiary/aromatic N) is 1. The van der Waals surface area contributed by atoms with Gasteiger partial charge in [0, 0.05) is 35.6 Å². The molecule has 2 aromatic rings. The van der Waals surface area contributed by atoms with Crippen LogP contribution in [0.15, 0.2) is 35.9 Å². The Labute approximate surface area is 162 Å². The van der Waals surface area contributed by atoms with Crippen molar-refractivity contribution in [1.82, 2.24) is 4.57 Å². The molecule has 0 bridgehead atoms. The van der Waals surface area contributed by atoms with Crippen LogP contribution in [0.4, 0.5) is 0 Å². The summed E-state index contributed by atoms with van der Waals surface area (Å²) >= 11 is 0. The number of terminal acetylenes is 1. The minimum absolute atomic E-state index is 0.151. The molecule has 6 heteroatoms. The second kappa shape index (κ2) is 7.57. The van der Waals surface area contributed by atoms with E-state index in [9.17, 15) is 14.4 Å². The van der Waals surface area contributed by atoms with Gasteiger partial charge in [0.25, 0.3) is 0 Å². The molecule has 0 N–H and O–H groups in total. The van der Waals surface area contributed by atoms with E-state index in [0.717, 1.165) is 16.6 Å². The van der Waals surface area contributed by atoms with Crippen LogP contribution in [0.2, 0.25) is 0 Å². The first-order chi connectivity index (χ1) is 13.4. The molecule has 2 heterocycles. The molecule has 1 aromatic carbocycles. The lowest BCUT2D eigenvalue weighted by atomic mass is 9.97. The monoisotopic (exact) mass is 377 g/mol. The summed E-state index contributed by atoms with van der Waals surface area (Å²) in [6, 6.07) is 5.06. The number of rotatable bonds is 5. The summed E-state index contributed by atoms with van der Waals surface area (Å²) in [6.07, 6.45) is 8.76. The van der Waals surface area contributed by atoms with Crippen molar-refractivity contribution in [2.45, 2.75) is 20.3 Å². The number of carbonyl (C=O) groups is 3. The second-order valence-corrected chi connectivity index (χ2v) is 6.31. The van der Waals surface area contributed by atoms with Gasteiger partial charge in [-0.25, -0.2) is 14.4 Å². The zero-order valence-corrected chi connectivity index (χ0v) is 15.9. The van der Waals surface area contributed by atoms with E-state index < -0.39 is 17.9 Å². The highest BCUT2D eigenvalue weighted by atomic mass is 16.6. The average molecular weight is 377 g/mol. The Kier molecular flexibility index (Phi) is 5.18. The predicted molar refractivity (Wildman–Crippen MR) is 104 cm³/mol. The van der Waals surface area contributed by atoms with Crippen molar-refractivity contribution in [2.24, 2.45) is 7.05 Å². The Hall–Kier alpha value is -3.59. The summed E-state index contributed by atoms with van der Waals surface area (Å²) in [4.78, 5) is 36.6. The summed E-state index contributed by atoms with van der Waals surface area (Å²) in [5.41, 5.74) is 2.96. The van der Waals surface area contributed by atoms with Crippen LogP contribution in [0.1, 0.15) is 35.0 Å². The molecule has 6 nitrogen and oxygen atoms in total. The summed E-state index contributed by atoms with van der Waals surface area (Å²) in [7, 11) is 1.83. The molecule has 0 fully saturated rings. The highest BCUT2D eigenvalue weighted by Crippen LogP contribution is 2.37. The lowest BCUT2D eigenvalue weighted by molar-refractivity contribution is -0.150. The van der Waals surface area contributed by atoms with E-state index in [1.165, 1.54) is 0 Å². The lowest BCUT2D eigenvalue weighted by Crippen LogP contribution is -2.06. The van der Waals surface area contributed by atoms with E-state index in [0.29, 0.717) is 17.5 Å². The van der Waals surface area contributed by atoms with Crippen molar-refractivity contribution >= 4 is 34.4 Å². The van der Waals surface area contributed by atoms with Gasteiger partial charge >= 0.3 is 17.9 Å². The number of carbonyl (C=O) groups excluding carboxylic acids is 3. The zero-order valence-electron chi connectivity index (χ0n) is 15.9. The van der Waals surface area contributed by atoms with Gasteiger partial charge in [0.05, 0.1) is 16.7 Å². The van der Waals surface area contributed by atoms with Crippen molar-refractivity contribution < 1.29 is 23.9 Å². The number of hydrogen-bond acceptors (Lipinski definition) is 5. The standard InChI is InChI=1S/C22H19NO5/c1-5-7-11-27-20(24)14-9-10-15-17(12-14)23(4)13(3)18(15)19-16(8-6-2)21(25)28-22(19)26/h1,6,8-10,12H,7,11H2,2-4H3/b8-6+. The number of allylic oxidation sites excluding steroid dienone is 1. The SMILES string of the molecule is C#CCCOC(=O)c1ccc2c(C3=C(/C=C/C)C(=O)OC3=O)c(C)n(C)c2c1. The Morgan fingerprint density at radius 1 is 1.32 bits per heavy atom. The maximum Gasteiger partial charge on any atom is 0.347 e. The minimum atomic E-state index is -0.675. The van der Waals surface area contributed by atoms with Gasteiger partial charge in [-0.3, -0.25) is 0 Å². The maximum atomic E-state index is 12.4. The second-order valence-electron chi connectivity index (χ2n) is 6.31. The maximum absolute atomic E-state index is 12.4. The topological polar surface area (TPSA) is 74.6 Å². The number of aryl methyl sites for hydroxylation is 1. The molecule has 28 heavy (non-hydrogen) atoms. The highest BCUT2D eigenvalue weighted by molar-refractivity contribution is 6.34. The number of hydrogen-bond donors (Lipinski definition) is 0. The molecular formula is C22H19NO5. The quantitative estimate of drug-likeness (QED) is 0.346. The van der Waals surface area contributed by atoms with E-state index in [1.54, 1.807) is 37.3 Å². The number of aromatic nitrogens is 1. The van der Waals surface area contributed by atoms with Gasteiger partial charge < -0.3 is 14.0 Å². The van der Waals surface area contributed by atoms with Gasteiger partial charge in [0.1, 0.15) is 6.61 Å². The van der Waals surface area contributed by atoms with E-state index >= 15 is 0 Å². The Morgan fingerprint density at radius 3 is 2.75 bits per heavy atom. The average Bonchev–Trinajstić information content (AvgIpc) is 3.08. The Balaban J connectivity index is 2.15. The van der Waals surface area contributed by atoms with Crippen LogP contribution >= 0.6 is 0 Å². The third kappa shape index (κ3) is 3.12. The van der Waals surface area contributed by atoms with E-state index in [4.69, 9.17) is 15.9 Å². The summed E-state index contributed by atoms with van der Waals surface area (Å²) in [5, 5.41) is 0.740. The van der Waals surface area contributed by atoms with E-state index in [1.807, 2.05) is 18.5 Å². The molecule has 1 aliphatic rings. The molecule has 0 radical (unpaired) electrons. The van der Waals surface area contributed by atoms with Crippen molar-refractivity contribution in [2.75, 3.05) is 6.61 Å². The molecule has 0 saturated heterocycles. The van der Waals surface area contributed by atoms with Gasteiger partial charge in [-0.15, -0.1) is 12.3 Å². The number of esters is 3. The molecule has 3 rings (SSSR count). The van der Waals surface area contributed by atoms with Crippen LogP contribution in [0.25, 0.3) is 16.5 Å². The molecule has 1 aliphatic heterocycles. The molecule has 0 aliphatic carbocycles. The summed E-state index contributed by atoms with van der Waals surface area (Å²) < 4.78 is 11.8. The number of cyclic esters (lactones) is 2. The van der Waals surface area contributed by atoms with Gasteiger partial charge in [-0.05, 0) is 26.0 Å². The molecule has 0 amide bonds. The molecule has 1 aromatic heterocycles. The van der Waals surface area contributed by atoms with Crippen LogP contribution in [0.5, 0.6) is 0 Å². The first-order valence-electron chi connectivity index (χ1n) is 8.74. The van der Waals surface area contributed by atoms with E-state index in [-0.39, 0.29) is 17.8 Å². The fourth-order valence-corrected chi connectivity index (χ4v) is 3.25. The molecule has 0 unspecified atom stereocenters. The minimum Gasteiger partial charge on any atom is -0.461 e. The Morgan fingerprint density at radius 2 is 2.07 bits per heavy atom. The van der Waals surface area contributed by atoms with Crippen LogP contribution in [-0.2, 0) is 26.1 Å². The predicted octanol–water partition coefficient (Wildman–Crippen LogP) is 3.08. The van der Waals surface area contributed by atoms with Crippen LogP contribution in [0.3, 0.4) is 0 Å². The van der Waals surface area contributed by atoms with E-state index in [2.05, 4.69) is 5.92 Å². The van der Waals surface area contributed by atoms with Gasteiger partial charge in [0.2, 0.25) is 0 Å². The fraction of sp³-hybridized carbons (Fsp3) is 0.227. The third-order valence-electron chi connectivity index (χ3n) is 4.67. The van der Waals surface area contributed by atoms with Crippen molar-refractivity contribution in [3.63, 3.8) is 0 Å². The number of benzene rings is 1. The summed E-state index contributed by atoms with van der Waals surface area (Å²) in [5.74, 6) is 0.605. The van der Waals surface area contributed by atoms with Gasteiger partial charge in [-0.2, -0.15) is 0 Å².